The number of carbonyl (C=O) groups is 2. The summed E-state index contributed by atoms with van der Waals surface area (Å²) in [6.07, 6.45) is 0. The maximum Gasteiger partial charge on any atom is 0.251 e. The van der Waals surface area contributed by atoms with E-state index in [4.69, 9.17) is 0 Å². The fraction of sp³-hybridized carbons (Fsp3) is 0.333. The van der Waals surface area contributed by atoms with Crippen LogP contribution in [0.3, 0.4) is 0 Å². The smallest absolute Gasteiger partial charge is 0.251 e. The fourth-order valence-corrected chi connectivity index (χ4v) is 6.02. The van der Waals surface area contributed by atoms with Crippen molar-refractivity contribution in [3.05, 3.63) is 59.7 Å². The Bertz CT molecular complexity index is 1260. The van der Waals surface area contributed by atoms with Crippen molar-refractivity contribution in [3.8, 4) is 0 Å². The number of rotatable bonds is 8. The predicted octanol–water partition coefficient (Wildman–Crippen LogP) is 0.424. The summed E-state index contributed by atoms with van der Waals surface area (Å²) in [5.74, 6) is -0.899. The molecule has 0 unspecified atom stereocenters. The molecule has 1 aliphatic heterocycles. The molecular weight excluding hydrogens is 468 g/mol. The number of carbonyl (C=O) groups excluding carboxylic acids is 2. The average Bonchev–Trinajstić information content (AvgIpc) is 2.77. The Morgan fingerprint density at radius 2 is 1.76 bits per heavy atom. The van der Waals surface area contributed by atoms with Gasteiger partial charge in [-0.05, 0) is 49.7 Å². The van der Waals surface area contributed by atoms with Gasteiger partial charge in [0.2, 0.25) is 26.0 Å². The average molecular weight is 495 g/mol. The molecule has 2 aromatic rings. The lowest BCUT2D eigenvalue weighted by atomic mass is 10.2. The van der Waals surface area contributed by atoms with Gasteiger partial charge in [0.05, 0.1) is 16.3 Å². The van der Waals surface area contributed by atoms with E-state index in [0.717, 1.165) is 4.31 Å². The minimum absolute atomic E-state index is 0.0488. The Morgan fingerprint density at radius 3 is 2.45 bits per heavy atom. The molecule has 178 valence electrons. The molecule has 10 nitrogen and oxygen atoms in total. The summed E-state index contributed by atoms with van der Waals surface area (Å²) >= 11 is 0. The molecule has 3 N–H and O–H groups in total. The van der Waals surface area contributed by atoms with Crippen molar-refractivity contribution in [2.45, 2.75) is 36.2 Å². The molecular formula is C21H26N4O6S2. The molecule has 0 atom stereocenters. The Morgan fingerprint density at radius 1 is 1.06 bits per heavy atom. The highest BCUT2D eigenvalue weighted by molar-refractivity contribution is 7.89. The number of nitrogens with zero attached hydrogens (tertiary/aromatic N) is 1. The van der Waals surface area contributed by atoms with Gasteiger partial charge in [-0.1, -0.05) is 18.2 Å². The summed E-state index contributed by atoms with van der Waals surface area (Å²) in [5, 5.41) is 5.24. The molecule has 1 saturated heterocycles. The van der Waals surface area contributed by atoms with Crippen molar-refractivity contribution in [1.29, 1.82) is 0 Å². The monoisotopic (exact) mass is 494 g/mol. The fourth-order valence-electron chi connectivity index (χ4n) is 3.25. The van der Waals surface area contributed by atoms with Crippen LogP contribution in [0.25, 0.3) is 0 Å². The number of sulfonamides is 2. The van der Waals surface area contributed by atoms with Crippen LogP contribution in [0.4, 0.5) is 0 Å². The van der Waals surface area contributed by atoms with E-state index in [-0.39, 0.29) is 53.5 Å². The van der Waals surface area contributed by atoms with Crippen LogP contribution in [-0.4, -0.2) is 58.6 Å². The summed E-state index contributed by atoms with van der Waals surface area (Å²) in [4.78, 5) is 24.2. The quantitative estimate of drug-likeness (QED) is 0.486. The molecule has 3 rings (SSSR count). The van der Waals surface area contributed by atoms with Crippen molar-refractivity contribution in [2.75, 3.05) is 19.6 Å². The lowest BCUT2D eigenvalue weighted by Gasteiger charge is -2.26. The summed E-state index contributed by atoms with van der Waals surface area (Å²) in [6.45, 7) is 3.58. The first kappa shape index (κ1) is 24.8. The molecule has 0 bridgehead atoms. The largest absolute Gasteiger partial charge is 0.354 e. The highest BCUT2D eigenvalue weighted by atomic mass is 32.2. The van der Waals surface area contributed by atoms with E-state index in [2.05, 4.69) is 15.4 Å². The second-order valence-electron chi connectivity index (χ2n) is 7.82. The van der Waals surface area contributed by atoms with Crippen molar-refractivity contribution in [3.63, 3.8) is 0 Å². The van der Waals surface area contributed by atoms with Gasteiger partial charge in [-0.15, -0.1) is 0 Å². The summed E-state index contributed by atoms with van der Waals surface area (Å²) in [7, 11) is -7.60. The third kappa shape index (κ3) is 6.16. The van der Waals surface area contributed by atoms with Crippen molar-refractivity contribution < 1.29 is 26.4 Å². The zero-order chi connectivity index (χ0) is 24.2. The van der Waals surface area contributed by atoms with Crippen LogP contribution in [0.15, 0.2) is 58.3 Å². The molecule has 0 radical (unpaired) electrons. The summed E-state index contributed by atoms with van der Waals surface area (Å²) in [5.41, 5.74) is 0.695. The van der Waals surface area contributed by atoms with Crippen LogP contribution >= 0.6 is 0 Å². The summed E-state index contributed by atoms with van der Waals surface area (Å²) in [6, 6.07) is 11.5. The van der Waals surface area contributed by atoms with Crippen LogP contribution in [0.2, 0.25) is 0 Å². The zero-order valence-electron chi connectivity index (χ0n) is 18.2. The molecule has 0 spiro atoms. The van der Waals surface area contributed by atoms with E-state index in [1.807, 2.05) is 0 Å². The number of hydrogen-bond acceptors (Lipinski definition) is 6. The second kappa shape index (κ2) is 10.00. The van der Waals surface area contributed by atoms with Crippen LogP contribution < -0.4 is 15.4 Å². The third-order valence-electron chi connectivity index (χ3n) is 4.79. The molecule has 2 aromatic carbocycles. The molecule has 1 aliphatic rings. The van der Waals surface area contributed by atoms with Crippen LogP contribution in [0, 0.1) is 0 Å². The normalized spacial score (nSPS) is 15.3. The number of hydrogen-bond donors (Lipinski definition) is 3. The Hall–Kier alpha value is -2.80. The topological polar surface area (TPSA) is 142 Å². The maximum absolute atomic E-state index is 12.8. The number of amides is 2. The van der Waals surface area contributed by atoms with Crippen molar-refractivity contribution >= 4 is 31.9 Å². The van der Waals surface area contributed by atoms with Crippen LogP contribution in [0.1, 0.15) is 29.8 Å². The minimum atomic E-state index is -3.93. The van der Waals surface area contributed by atoms with E-state index in [1.165, 1.54) is 36.4 Å². The van der Waals surface area contributed by atoms with E-state index in [9.17, 15) is 26.4 Å². The molecule has 12 heteroatoms. The van der Waals surface area contributed by atoms with Gasteiger partial charge in [0, 0.05) is 31.2 Å². The Balaban J connectivity index is 1.72. The van der Waals surface area contributed by atoms with E-state index < -0.39 is 26.0 Å². The van der Waals surface area contributed by atoms with E-state index in [1.54, 1.807) is 26.0 Å². The molecule has 1 fully saturated rings. The van der Waals surface area contributed by atoms with Crippen LogP contribution in [0.5, 0.6) is 0 Å². The van der Waals surface area contributed by atoms with Crippen molar-refractivity contribution in [2.24, 2.45) is 0 Å². The SMILES string of the molecule is CC(C)NS(=O)(=O)c1cccc(CNC(=O)c2cccc(S(=O)(=O)N3CCNC(=O)C3)c2)c1. The lowest BCUT2D eigenvalue weighted by Crippen LogP contribution is -2.49. The van der Waals surface area contributed by atoms with Crippen molar-refractivity contribution in [1.82, 2.24) is 19.7 Å². The predicted molar refractivity (Wildman–Crippen MR) is 121 cm³/mol. The van der Waals surface area contributed by atoms with E-state index in [0.29, 0.717) is 5.56 Å². The summed E-state index contributed by atoms with van der Waals surface area (Å²) < 4.78 is 54.0. The van der Waals surface area contributed by atoms with Gasteiger partial charge in [0.15, 0.2) is 0 Å². The molecule has 2 amide bonds. The van der Waals surface area contributed by atoms with Gasteiger partial charge >= 0.3 is 0 Å². The lowest BCUT2D eigenvalue weighted by molar-refractivity contribution is -0.122. The molecule has 1 heterocycles. The van der Waals surface area contributed by atoms with Gasteiger partial charge in [0.1, 0.15) is 0 Å². The first-order valence-corrected chi connectivity index (χ1v) is 13.2. The standard InChI is InChI=1S/C21H26N4O6S2/c1-15(2)24-32(28,29)18-7-3-5-16(11-18)13-23-21(27)17-6-4-8-19(12-17)33(30,31)25-10-9-22-20(26)14-25/h3-8,11-12,15,24H,9-10,13-14H2,1-2H3,(H,22,26)(H,23,27). The molecule has 0 aromatic heterocycles. The number of piperazine rings is 1. The molecule has 0 saturated carbocycles. The maximum atomic E-state index is 12.8. The molecule has 33 heavy (non-hydrogen) atoms. The minimum Gasteiger partial charge on any atom is -0.354 e. The number of benzene rings is 2. The third-order valence-corrected chi connectivity index (χ3v) is 8.29. The zero-order valence-corrected chi connectivity index (χ0v) is 19.9. The highest BCUT2D eigenvalue weighted by Crippen LogP contribution is 2.18. The highest BCUT2D eigenvalue weighted by Gasteiger charge is 2.29. The first-order valence-electron chi connectivity index (χ1n) is 10.3. The van der Waals surface area contributed by atoms with Gasteiger partial charge in [0.25, 0.3) is 5.91 Å². The van der Waals surface area contributed by atoms with E-state index >= 15 is 0 Å². The number of nitrogens with one attached hydrogen (secondary N) is 3. The molecule has 0 aliphatic carbocycles. The Kier molecular flexibility index (Phi) is 7.52. The second-order valence-corrected chi connectivity index (χ2v) is 11.5. The van der Waals surface area contributed by atoms with Gasteiger partial charge < -0.3 is 10.6 Å². The van der Waals surface area contributed by atoms with Gasteiger partial charge in [-0.3, -0.25) is 9.59 Å². The van der Waals surface area contributed by atoms with Gasteiger partial charge in [-0.2, -0.15) is 4.31 Å². The Labute approximate surface area is 193 Å². The van der Waals surface area contributed by atoms with Gasteiger partial charge in [-0.25, -0.2) is 21.6 Å². The van der Waals surface area contributed by atoms with Crippen LogP contribution in [-0.2, 0) is 31.4 Å². The first-order chi connectivity index (χ1) is 15.5.